The van der Waals surface area contributed by atoms with E-state index in [4.69, 9.17) is 5.73 Å². The number of nitrogens with zero attached hydrogens (tertiary/aromatic N) is 3. The molecule has 1 atom stereocenters. The van der Waals surface area contributed by atoms with E-state index in [9.17, 15) is 8.42 Å². The number of aromatic amines is 1. The molecule has 1 aliphatic heterocycles. The van der Waals surface area contributed by atoms with Crippen LogP contribution in [0, 0.1) is 0 Å². The maximum absolute atomic E-state index is 12.6. The topological polar surface area (TPSA) is 95.3 Å². The minimum atomic E-state index is -3.51. The number of likely N-dealkylation sites (N-methyl/N-ethyl adjacent to an activating group) is 1. The summed E-state index contributed by atoms with van der Waals surface area (Å²) < 4.78 is 26.7. The molecule has 20 heavy (non-hydrogen) atoms. The van der Waals surface area contributed by atoms with Crippen molar-refractivity contribution in [3.8, 4) is 0 Å². The number of aromatic nitrogens is 2. The van der Waals surface area contributed by atoms with Gasteiger partial charge >= 0.3 is 0 Å². The van der Waals surface area contributed by atoms with Crippen LogP contribution in [-0.4, -0.2) is 60.0 Å². The lowest BCUT2D eigenvalue weighted by atomic mass is 10.2. The Morgan fingerprint density at radius 2 is 2.20 bits per heavy atom. The maximum Gasteiger partial charge on any atom is 0.260 e. The Morgan fingerprint density at radius 3 is 2.80 bits per heavy atom. The first-order valence-corrected chi connectivity index (χ1v) is 8.45. The Bertz CT molecular complexity index is 538. The number of hydrogen-bond donors (Lipinski definition) is 2. The van der Waals surface area contributed by atoms with E-state index in [1.165, 1.54) is 10.5 Å². The van der Waals surface area contributed by atoms with Gasteiger partial charge in [0.15, 0.2) is 5.03 Å². The zero-order valence-corrected chi connectivity index (χ0v) is 12.9. The molecule has 2 heterocycles. The fraction of sp³-hybridized carbons (Fsp3) is 0.750. The minimum Gasteiger partial charge on any atom is -0.326 e. The maximum atomic E-state index is 12.6. The van der Waals surface area contributed by atoms with Gasteiger partial charge in [-0.15, -0.1) is 0 Å². The van der Waals surface area contributed by atoms with Crippen molar-refractivity contribution in [1.82, 2.24) is 19.4 Å². The SMILES string of the molecule is CCN(CC)C1CCN(S(=O)(=O)c2[nH]ncc2CN)C1. The summed E-state index contributed by atoms with van der Waals surface area (Å²) in [5.41, 5.74) is 6.10. The summed E-state index contributed by atoms with van der Waals surface area (Å²) in [5, 5.41) is 6.51. The number of H-pyrrole nitrogens is 1. The molecule has 1 unspecified atom stereocenters. The molecule has 1 aromatic rings. The molecule has 0 saturated carbocycles. The number of rotatable bonds is 6. The van der Waals surface area contributed by atoms with Crippen LogP contribution in [0.5, 0.6) is 0 Å². The molecule has 114 valence electrons. The van der Waals surface area contributed by atoms with Crippen LogP contribution in [-0.2, 0) is 16.6 Å². The third-order valence-corrected chi connectivity index (χ3v) is 5.83. The van der Waals surface area contributed by atoms with E-state index >= 15 is 0 Å². The second-order valence-electron chi connectivity index (χ2n) is 4.96. The zero-order chi connectivity index (χ0) is 14.8. The van der Waals surface area contributed by atoms with Crippen LogP contribution >= 0.6 is 0 Å². The van der Waals surface area contributed by atoms with Crippen molar-refractivity contribution in [3.05, 3.63) is 11.8 Å². The molecular weight excluding hydrogens is 278 g/mol. The molecule has 3 N–H and O–H groups in total. The average Bonchev–Trinajstić information content (AvgIpc) is 3.09. The summed E-state index contributed by atoms with van der Waals surface area (Å²) in [6.45, 7) is 7.32. The normalized spacial score (nSPS) is 20.9. The van der Waals surface area contributed by atoms with Gasteiger partial charge in [0.05, 0.1) is 6.20 Å². The average molecular weight is 301 g/mol. The van der Waals surface area contributed by atoms with Crippen molar-refractivity contribution >= 4 is 10.0 Å². The number of nitrogens with one attached hydrogen (secondary N) is 1. The highest BCUT2D eigenvalue weighted by Crippen LogP contribution is 2.24. The van der Waals surface area contributed by atoms with Gasteiger partial charge in [0, 0.05) is 31.2 Å². The number of hydrogen-bond acceptors (Lipinski definition) is 5. The van der Waals surface area contributed by atoms with Crippen molar-refractivity contribution in [1.29, 1.82) is 0 Å². The van der Waals surface area contributed by atoms with Gasteiger partial charge in [-0.05, 0) is 19.5 Å². The summed E-state index contributed by atoms with van der Waals surface area (Å²) in [5.74, 6) is 0. The Kier molecular flexibility index (Phi) is 4.79. The predicted octanol–water partition coefficient (Wildman–Crippen LogP) is -0.0268. The molecule has 0 amide bonds. The van der Waals surface area contributed by atoms with Gasteiger partial charge in [-0.2, -0.15) is 9.40 Å². The van der Waals surface area contributed by atoms with Crippen LogP contribution in [0.15, 0.2) is 11.2 Å². The minimum absolute atomic E-state index is 0.139. The molecule has 1 saturated heterocycles. The molecule has 1 aliphatic rings. The Morgan fingerprint density at radius 1 is 1.50 bits per heavy atom. The lowest BCUT2D eigenvalue weighted by Crippen LogP contribution is -2.38. The summed E-state index contributed by atoms with van der Waals surface area (Å²) in [4.78, 5) is 2.30. The fourth-order valence-corrected chi connectivity index (χ4v) is 4.37. The van der Waals surface area contributed by atoms with Crippen LogP contribution in [0.3, 0.4) is 0 Å². The molecular formula is C12H23N5O2S. The molecule has 8 heteroatoms. The number of sulfonamides is 1. The molecule has 1 fully saturated rings. The van der Waals surface area contributed by atoms with Crippen molar-refractivity contribution in [3.63, 3.8) is 0 Å². The largest absolute Gasteiger partial charge is 0.326 e. The van der Waals surface area contributed by atoms with E-state index in [-0.39, 0.29) is 11.6 Å². The Labute approximate surface area is 120 Å². The van der Waals surface area contributed by atoms with Gasteiger partial charge in [-0.25, -0.2) is 8.42 Å². The summed E-state index contributed by atoms with van der Waals surface area (Å²) in [7, 11) is -3.51. The van der Waals surface area contributed by atoms with Crippen molar-refractivity contribution in [2.45, 2.75) is 37.9 Å². The van der Waals surface area contributed by atoms with Crippen molar-refractivity contribution in [2.75, 3.05) is 26.2 Å². The monoisotopic (exact) mass is 301 g/mol. The Hall–Kier alpha value is -0.960. The first kappa shape index (κ1) is 15.4. The predicted molar refractivity (Wildman–Crippen MR) is 76.6 cm³/mol. The molecule has 1 aromatic heterocycles. The molecule has 0 aliphatic carbocycles. The van der Waals surface area contributed by atoms with E-state index in [0.29, 0.717) is 24.7 Å². The highest BCUT2D eigenvalue weighted by molar-refractivity contribution is 7.89. The van der Waals surface area contributed by atoms with E-state index in [0.717, 1.165) is 19.5 Å². The molecule has 7 nitrogen and oxygen atoms in total. The second-order valence-corrected chi connectivity index (χ2v) is 6.83. The summed E-state index contributed by atoms with van der Waals surface area (Å²) >= 11 is 0. The third kappa shape index (κ3) is 2.73. The smallest absolute Gasteiger partial charge is 0.260 e. The van der Waals surface area contributed by atoms with Crippen molar-refractivity contribution < 1.29 is 8.42 Å². The van der Waals surface area contributed by atoms with Gasteiger partial charge in [0.2, 0.25) is 0 Å². The standard InChI is InChI=1S/C12H23N5O2S/c1-3-16(4-2)11-5-6-17(9-11)20(18,19)12-10(7-13)8-14-15-12/h8,11H,3-7,9,13H2,1-2H3,(H,14,15). The van der Waals surface area contributed by atoms with Crippen LogP contribution in [0.2, 0.25) is 0 Å². The van der Waals surface area contributed by atoms with E-state index < -0.39 is 10.0 Å². The first-order valence-electron chi connectivity index (χ1n) is 7.01. The highest BCUT2D eigenvalue weighted by Gasteiger charge is 2.36. The van der Waals surface area contributed by atoms with Crippen LogP contribution in [0.25, 0.3) is 0 Å². The van der Waals surface area contributed by atoms with Crippen LogP contribution in [0.1, 0.15) is 25.8 Å². The summed E-state index contributed by atoms with van der Waals surface area (Å²) in [6, 6.07) is 0.295. The number of nitrogens with two attached hydrogens (primary N) is 1. The van der Waals surface area contributed by atoms with Gasteiger partial charge in [0.1, 0.15) is 0 Å². The van der Waals surface area contributed by atoms with Gasteiger partial charge in [-0.3, -0.25) is 10.00 Å². The fourth-order valence-electron chi connectivity index (χ4n) is 2.76. The van der Waals surface area contributed by atoms with Gasteiger partial charge in [-0.1, -0.05) is 13.8 Å². The first-order chi connectivity index (χ1) is 9.54. The summed E-state index contributed by atoms with van der Waals surface area (Å²) in [6.07, 6.45) is 2.35. The zero-order valence-electron chi connectivity index (χ0n) is 12.0. The van der Waals surface area contributed by atoms with E-state index in [2.05, 4.69) is 28.9 Å². The van der Waals surface area contributed by atoms with Crippen LogP contribution < -0.4 is 5.73 Å². The second kappa shape index (κ2) is 6.21. The quantitative estimate of drug-likeness (QED) is 0.769. The molecule has 0 bridgehead atoms. The highest BCUT2D eigenvalue weighted by atomic mass is 32.2. The van der Waals surface area contributed by atoms with E-state index in [1.54, 1.807) is 0 Å². The molecule has 2 rings (SSSR count). The van der Waals surface area contributed by atoms with Gasteiger partial charge in [0.25, 0.3) is 10.0 Å². The van der Waals surface area contributed by atoms with E-state index in [1.807, 2.05) is 0 Å². The van der Waals surface area contributed by atoms with Crippen LogP contribution in [0.4, 0.5) is 0 Å². The van der Waals surface area contributed by atoms with Gasteiger partial charge < -0.3 is 5.73 Å². The lowest BCUT2D eigenvalue weighted by Gasteiger charge is -2.26. The van der Waals surface area contributed by atoms with Crippen molar-refractivity contribution in [2.24, 2.45) is 5.73 Å². The Balaban J connectivity index is 2.17. The molecule has 0 radical (unpaired) electrons. The third-order valence-electron chi connectivity index (χ3n) is 3.95. The molecule has 0 spiro atoms. The molecule has 0 aromatic carbocycles. The lowest BCUT2D eigenvalue weighted by molar-refractivity contribution is 0.224.